The fraction of sp³-hybridized carbons (Fsp3) is 0.462. The van der Waals surface area contributed by atoms with Gasteiger partial charge in [0.2, 0.25) is 0 Å². The largest absolute Gasteiger partial charge is 0.497 e. The number of aryl methyl sites for hydroxylation is 1. The van der Waals surface area contributed by atoms with Gasteiger partial charge in [0.05, 0.1) is 7.11 Å². The third kappa shape index (κ3) is 5.53. The van der Waals surface area contributed by atoms with Crippen LogP contribution in [0.15, 0.2) is 35.9 Å². The van der Waals surface area contributed by atoms with E-state index in [2.05, 4.69) is 59.8 Å². The predicted molar refractivity (Wildman–Crippen MR) is 129 cm³/mol. The molecular formula is C26H34N4O2. The van der Waals surface area contributed by atoms with Crippen LogP contribution in [0.2, 0.25) is 0 Å². The number of carbonyl (C=O) groups excluding carboxylic acids is 1. The number of anilines is 1. The number of methoxy groups -OCH3 is 1. The highest BCUT2D eigenvalue weighted by molar-refractivity contribution is 6.02. The van der Waals surface area contributed by atoms with Crippen LogP contribution in [0.3, 0.4) is 0 Å². The molecule has 1 aliphatic heterocycles. The number of piperidine rings is 1. The van der Waals surface area contributed by atoms with Gasteiger partial charge in [0.1, 0.15) is 17.4 Å². The number of hydrogen-bond acceptors (Lipinski definition) is 4. The molecule has 1 aliphatic rings. The van der Waals surface area contributed by atoms with Crippen LogP contribution in [-0.4, -0.2) is 36.7 Å². The molecule has 1 aromatic heterocycles. The Morgan fingerprint density at radius 2 is 1.91 bits per heavy atom. The summed E-state index contributed by atoms with van der Waals surface area (Å²) < 4.78 is 7.47. The van der Waals surface area contributed by atoms with Crippen molar-refractivity contribution in [3.05, 3.63) is 52.9 Å². The molecule has 0 bridgehead atoms. The third-order valence-electron chi connectivity index (χ3n) is 6.09. The van der Waals surface area contributed by atoms with Crippen LogP contribution in [-0.2, 0) is 11.3 Å². The Labute approximate surface area is 191 Å². The first kappa shape index (κ1) is 23.5. The number of carbonyl (C=O) groups is 1. The maximum atomic E-state index is 12.8. The van der Waals surface area contributed by atoms with Gasteiger partial charge in [-0.3, -0.25) is 4.79 Å². The second kappa shape index (κ2) is 10.4. The lowest BCUT2D eigenvalue weighted by atomic mass is 10.0. The van der Waals surface area contributed by atoms with Crippen molar-refractivity contribution in [1.29, 1.82) is 5.26 Å². The molecule has 6 nitrogen and oxygen atoms in total. The maximum Gasteiger partial charge on any atom is 0.262 e. The number of nitrogens with one attached hydrogen (secondary N) is 1. The highest BCUT2D eigenvalue weighted by Gasteiger charge is 2.22. The summed E-state index contributed by atoms with van der Waals surface area (Å²) in [6, 6.07) is 12.3. The number of hydrogen-bond donors (Lipinski definition) is 1. The first-order valence-corrected chi connectivity index (χ1v) is 11.3. The molecule has 0 spiro atoms. The van der Waals surface area contributed by atoms with Crippen LogP contribution < -0.4 is 15.0 Å². The molecule has 32 heavy (non-hydrogen) atoms. The SMILES string of the molecule is COc1ccc(N2CCC(NC(=O)/C(C#N)=C\c3cc(C)n(CC(C)C)c3C)CC2)cc1. The lowest BCUT2D eigenvalue weighted by molar-refractivity contribution is -0.117. The molecule has 170 valence electrons. The van der Waals surface area contributed by atoms with Gasteiger partial charge in [-0.05, 0) is 74.6 Å². The van der Waals surface area contributed by atoms with Crippen molar-refractivity contribution in [2.75, 3.05) is 25.1 Å². The van der Waals surface area contributed by atoms with E-state index in [0.717, 1.165) is 60.9 Å². The molecule has 1 saturated heterocycles. The van der Waals surface area contributed by atoms with E-state index in [0.29, 0.717) is 5.92 Å². The van der Waals surface area contributed by atoms with Gasteiger partial charge in [-0.25, -0.2) is 0 Å². The molecule has 0 unspecified atom stereocenters. The molecule has 0 atom stereocenters. The van der Waals surface area contributed by atoms with Crippen molar-refractivity contribution < 1.29 is 9.53 Å². The highest BCUT2D eigenvalue weighted by Crippen LogP contribution is 2.23. The summed E-state index contributed by atoms with van der Waals surface area (Å²) >= 11 is 0. The van der Waals surface area contributed by atoms with Crippen LogP contribution >= 0.6 is 0 Å². The van der Waals surface area contributed by atoms with E-state index in [4.69, 9.17) is 4.74 Å². The van der Waals surface area contributed by atoms with E-state index in [9.17, 15) is 10.1 Å². The molecule has 1 aromatic carbocycles. The third-order valence-corrected chi connectivity index (χ3v) is 6.09. The van der Waals surface area contributed by atoms with Crippen molar-refractivity contribution >= 4 is 17.7 Å². The monoisotopic (exact) mass is 434 g/mol. The van der Waals surface area contributed by atoms with Crippen LogP contribution in [0.4, 0.5) is 5.69 Å². The predicted octanol–water partition coefficient (Wildman–Crippen LogP) is 4.46. The fourth-order valence-corrected chi connectivity index (χ4v) is 4.26. The van der Waals surface area contributed by atoms with E-state index in [1.165, 1.54) is 0 Å². The van der Waals surface area contributed by atoms with Crippen molar-refractivity contribution in [3.8, 4) is 11.8 Å². The average Bonchev–Trinajstić information content (AvgIpc) is 3.05. The second-order valence-corrected chi connectivity index (χ2v) is 8.93. The van der Waals surface area contributed by atoms with E-state index in [-0.39, 0.29) is 17.5 Å². The van der Waals surface area contributed by atoms with Gasteiger partial charge in [-0.1, -0.05) is 13.8 Å². The molecular weight excluding hydrogens is 400 g/mol. The fourth-order valence-electron chi connectivity index (χ4n) is 4.26. The minimum atomic E-state index is -0.288. The number of ether oxygens (including phenoxy) is 1. The van der Waals surface area contributed by atoms with E-state index in [1.54, 1.807) is 13.2 Å². The molecule has 1 fully saturated rings. The summed E-state index contributed by atoms with van der Waals surface area (Å²) in [4.78, 5) is 15.1. The first-order valence-electron chi connectivity index (χ1n) is 11.3. The van der Waals surface area contributed by atoms with Crippen LogP contribution in [0, 0.1) is 31.1 Å². The molecule has 2 aromatic rings. The highest BCUT2D eigenvalue weighted by atomic mass is 16.5. The molecule has 2 heterocycles. The van der Waals surface area contributed by atoms with Crippen molar-refractivity contribution in [2.24, 2.45) is 5.92 Å². The lowest BCUT2D eigenvalue weighted by Gasteiger charge is -2.34. The van der Waals surface area contributed by atoms with Gasteiger partial charge in [0.25, 0.3) is 5.91 Å². The molecule has 0 saturated carbocycles. The van der Waals surface area contributed by atoms with E-state index >= 15 is 0 Å². The van der Waals surface area contributed by atoms with Crippen molar-refractivity contribution in [3.63, 3.8) is 0 Å². The quantitative estimate of drug-likeness (QED) is 0.516. The first-order chi connectivity index (χ1) is 15.3. The Hall–Kier alpha value is -3.20. The Morgan fingerprint density at radius 1 is 1.25 bits per heavy atom. The maximum absolute atomic E-state index is 12.8. The number of nitriles is 1. The topological polar surface area (TPSA) is 70.3 Å². The molecule has 0 radical (unpaired) electrons. The number of rotatable bonds is 7. The van der Waals surface area contributed by atoms with E-state index < -0.39 is 0 Å². The smallest absolute Gasteiger partial charge is 0.262 e. The second-order valence-electron chi connectivity index (χ2n) is 8.93. The summed E-state index contributed by atoms with van der Waals surface area (Å²) in [5.41, 5.74) is 4.48. The van der Waals surface area contributed by atoms with Crippen molar-refractivity contribution in [2.45, 2.75) is 53.1 Å². The van der Waals surface area contributed by atoms with Crippen LogP contribution in [0.1, 0.15) is 43.6 Å². The molecule has 3 rings (SSSR count). The molecule has 1 N–H and O–H groups in total. The zero-order valence-electron chi connectivity index (χ0n) is 19.8. The summed E-state index contributed by atoms with van der Waals surface area (Å²) in [7, 11) is 1.66. The molecule has 1 amide bonds. The number of amides is 1. The van der Waals surface area contributed by atoms with Crippen LogP contribution in [0.5, 0.6) is 5.75 Å². The molecule has 0 aliphatic carbocycles. The zero-order chi connectivity index (χ0) is 23.3. The Kier molecular flexibility index (Phi) is 7.63. The van der Waals surface area contributed by atoms with E-state index in [1.807, 2.05) is 19.1 Å². The van der Waals surface area contributed by atoms with Gasteiger partial charge >= 0.3 is 0 Å². The Balaban J connectivity index is 1.62. The number of nitrogens with zero attached hydrogens (tertiary/aromatic N) is 3. The summed E-state index contributed by atoms with van der Waals surface area (Å²) in [5.74, 6) is 1.08. The zero-order valence-corrected chi connectivity index (χ0v) is 19.8. The minimum Gasteiger partial charge on any atom is -0.497 e. The van der Waals surface area contributed by atoms with Gasteiger partial charge < -0.3 is 19.5 Å². The van der Waals surface area contributed by atoms with Gasteiger partial charge in [0.15, 0.2) is 0 Å². The normalized spacial score (nSPS) is 15.0. The summed E-state index contributed by atoms with van der Waals surface area (Å²) in [6.07, 6.45) is 3.42. The Morgan fingerprint density at radius 3 is 2.47 bits per heavy atom. The summed E-state index contributed by atoms with van der Waals surface area (Å²) in [5, 5.41) is 12.7. The van der Waals surface area contributed by atoms with Crippen LogP contribution in [0.25, 0.3) is 6.08 Å². The van der Waals surface area contributed by atoms with Gasteiger partial charge in [-0.15, -0.1) is 0 Å². The van der Waals surface area contributed by atoms with Crippen molar-refractivity contribution in [1.82, 2.24) is 9.88 Å². The summed E-state index contributed by atoms with van der Waals surface area (Å²) in [6.45, 7) is 11.1. The minimum absolute atomic E-state index is 0.0714. The lowest BCUT2D eigenvalue weighted by Crippen LogP contribution is -2.45. The Bertz CT molecular complexity index is 1000. The number of aromatic nitrogens is 1. The molecule has 6 heteroatoms. The standard InChI is InChI=1S/C26H34N4O2/c1-18(2)17-30-19(3)14-21(20(30)4)15-22(16-27)26(31)28-23-10-12-29(13-11-23)24-6-8-25(32-5)9-7-24/h6-9,14-15,18,23H,10-13,17H2,1-5H3,(H,28,31)/b22-15-. The van der Waals surface area contributed by atoms with Gasteiger partial charge in [0, 0.05) is 42.8 Å². The van der Waals surface area contributed by atoms with Gasteiger partial charge in [-0.2, -0.15) is 5.26 Å². The average molecular weight is 435 g/mol. The number of benzene rings is 1.